The molecule has 4 aromatic rings. The van der Waals surface area contributed by atoms with E-state index in [1.54, 1.807) is 36.7 Å². The molecule has 2 aromatic carbocycles. The molecule has 0 saturated carbocycles. The molecule has 5 nitrogen and oxygen atoms in total. The molecular formula is C21H19N3O2S. The van der Waals surface area contributed by atoms with Crippen molar-refractivity contribution < 1.29 is 8.42 Å². The zero-order chi connectivity index (χ0) is 18.9. The Bertz CT molecular complexity index is 1230. The van der Waals surface area contributed by atoms with Gasteiger partial charge in [-0.3, -0.25) is 9.97 Å². The van der Waals surface area contributed by atoms with Crippen LogP contribution in [0.4, 0.5) is 0 Å². The number of fused-ring (bicyclic) bond motifs is 2. The Morgan fingerprint density at radius 2 is 1.63 bits per heavy atom. The summed E-state index contributed by atoms with van der Waals surface area (Å²) in [4.78, 5) is 8.99. The summed E-state index contributed by atoms with van der Waals surface area (Å²) in [7, 11) is -3.64. The number of pyridine rings is 2. The van der Waals surface area contributed by atoms with Crippen LogP contribution in [0, 0.1) is 6.92 Å². The fourth-order valence-electron chi connectivity index (χ4n) is 3.29. The zero-order valence-electron chi connectivity index (χ0n) is 14.9. The van der Waals surface area contributed by atoms with E-state index < -0.39 is 10.0 Å². The van der Waals surface area contributed by atoms with Crippen LogP contribution in [-0.2, 0) is 16.4 Å². The van der Waals surface area contributed by atoms with Gasteiger partial charge < -0.3 is 0 Å². The number of aryl methyl sites for hydroxylation is 1. The van der Waals surface area contributed by atoms with E-state index in [4.69, 9.17) is 0 Å². The Kier molecular flexibility index (Phi) is 4.59. The molecule has 0 aliphatic heterocycles. The predicted octanol–water partition coefficient (Wildman–Crippen LogP) is 3.61. The average Bonchev–Trinajstić information content (AvgIpc) is 2.68. The average molecular weight is 377 g/mol. The minimum atomic E-state index is -3.64. The first-order chi connectivity index (χ1) is 13.1. The van der Waals surface area contributed by atoms with Crippen molar-refractivity contribution >= 4 is 31.8 Å². The SMILES string of the molecule is Cc1ccc(S(=O)(=O)NCCc2cccc3cccnc23)c2cccnc12. The summed E-state index contributed by atoms with van der Waals surface area (Å²) in [5.41, 5.74) is 3.58. The maximum atomic E-state index is 12.9. The number of rotatable bonds is 5. The fourth-order valence-corrected chi connectivity index (χ4v) is 4.52. The van der Waals surface area contributed by atoms with Crippen molar-refractivity contribution in [1.82, 2.24) is 14.7 Å². The summed E-state index contributed by atoms with van der Waals surface area (Å²) in [6, 6.07) is 16.8. The summed E-state index contributed by atoms with van der Waals surface area (Å²) in [6.07, 6.45) is 3.99. The summed E-state index contributed by atoms with van der Waals surface area (Å²) < 4.78 is 28.4. The minimum Gasteiger partial charge on any atom is -0.256 e. The maximum Gasteiger partial charge on any atom is 0.241 e. The third-order valence-corrected chi connectivity index (χ3v) is 6.14. The van der Waals surface area contributed by atoms with Crippen molar-refractivity contribution in [3.8, 4) is 0 Å². The zero-order valence-corrected chi connectivity index (χ0v) is 15.7. The van der Waals surface area contributed by atoms with Crippen molar-refractivity contribution in [2.24, 2.45) is 0 Å². The van der Waals surface area contributed by atoms with Crippen LogP contribution in [0.2, 0.25) is 0 Å². The molecule has 0 amide bonds. The minimum absolute atomic E-state index is 0.257. The van der Waals surface area contributed by atoms with E-state index >= 15 is 0 Å². The molecule has 0 bridgehead atoms. The molecule has 0 fully saturated rings. The molecule has 6 heteroatoms. The second-order valence-electron chi connectivity index (χ2n) is 6.42. The third-order valence-electron chi connectivity index (χ3n) is 4.62. The van der Waals surface area contributed by atoms with Gasteiger partial charge in [-0.15, -0.1) is 0 Å². The molecule has 0 atom stereocenters. The molecular weight excluding hydrogens is 358 g/mol. The van der Waals surface area contributed by atoms with Gasteiger partial charge in [0.15, 0.2) is 0 Å². The first kappa shape index (κ1) is 17.6. The van der Waals surface area contributed by atoms with Gasteiger partial charge in [-0.25, -0.2) is 13.1 Å². The Morgan fingerprint density at radius 3 is 2.48 bits per heavy atom. The number of nitrogens with one attached hydrogen (secondary N) is 1. The van der Waals surface area contributed by atoms with Gasteiger partial charge in [0.25, 0.3) is 0 Å². The van der Waals surface area contributed by atoms with E-state index in [2.05, 4.69) is 14.7 Å². The van der Waals surface area contributed by atoms with E-state index in [1.165, 1.54) is 0 Å². The molecule has 0 radical (unpaired) electrons. The molecule has 0 spiro atoms. The molecule has 0 unspecified atom stereocenters. The Morgan fingerprint density at radius 1 is 0.889 bits per heavy atom. The molecule has 0 aliphatic rings. The quantitative estimate of drug-likeness (QED) is 0.577. The van der Waals surface area contributed by atoms with Crippen molar-refractivity contribution in [3.63, 3.8) is 0 Å². The number of sulfonamides is 1. The number of nitrogens with zero attached hydrogens (tertiary/aromatic N) is 2. The van der Waals surface area contributed by atoms with Crippen LogP contribution < -0.4 is 4.72 Å². The highest BCUT2D eigenvalue weighted by Crippen LogP contribution is 2.24. The lowest BCUT2D eigenvalue weighted by Crippen LogP contribution is -2.26. The lowest BCUT2D eigenvalue weighted by molar-refractivity contribution is 0.582. The summed E-state index contributed by atoms with van der Waals surface area (Å²) >= 11 is 0. The Hall–Kier alpha value is -2.83. The Balaban J connectivity index is 1.59. The largest absolute Gasteiger partial charge is 0.256 e. The molecule has 4 rings (SSSR count). The molecule has 1 N–H and O–H groups in total. The number of hydrogen-bond acceptors (Lipinski definition) is 4. The highest BCUT2D eigenvalue weighted by atomic mass is 32.2. The van der Waals surface area contributed by atoms with Crippen LogP contribution in [0.25, 0.3) is 21.8 Å². The van der Waals surface area contributed by atoms with Gasteiger partial charge in [0.05, 0.1) is 15.9 Å². The van der Waals surface area contributed by atoms with Crippen molar-refractivity contribution in [1.29, 1.82) is 0 Å². The molecule has 2 heterocycles. The molecule has 2 aromatic heterocycles. The van der Waals surface area contributed by atoms with Gasteiger partial charge in [-0.2, -0.15) is 0 Å². The van der Waals surface area contributed by atoms with Gasteiger partial charge >= 0.3 is 0 Å². The van der Waals surface area contributed by atoms with Crippen LogP contribution in [0.5, 0.6) is 0 Å². The Labute approximate surface area is 158 Å². The van der Waals surface area contributed by atoms with Crippen molar-refractivity contribution in [3.05, 3.63) is 78.1 Å². The van der Waals surface area contributed by atoms with Crippen LogP contribution >= 0.6 is 0 Å². The van der Waals surface area contributed by atoms with E-state index in [9.17, 15) is 8.42 Å². The fraction of sp³-hybridized carbons (Fsp3) is 0.143. The van der Waals surface area contributed by atoms with E-state index in [1.807, 2.05) is 37.3 Å². The number of aromatic nitrogens is 2. The lowest BCUT2D eigenvalue weighted by atomic mass is 10.1. The van der Waals surface area contributed by atoms with Gasteiger partial charge in [0.1, 0.15) is 0 Å². The van der Waals surface area contributed by atoms with Gasteiger partial charge in [-0.05, 0) is 48.7 Å². The van der Waals surface area contributed by atoms with Crippen LogP contribution in [0.15, 0.2) is 71.9 Å². The molecule has 0 saturated heterocycles. The van der Waals surface area contributed by atoms with Crippen LogP contribution in [0.3, 0.4) is 0 Å². The van der Waals surface area contributed by atoms with E-state index in [0.717, 1.165) is 22.0 Å². The van der Waals surface area contributed by atoms with Crippen molar-refractivity contribution in [2.45, 2.75) is 18.2 Å². The van der Waals surface area contributed by atoms with Gasteiger partial charge in [-0.1, -0.05) is 30.3 Å². The molecule has 136 valence electrons. The van der Waals surface area contributed by atoms with E-state index in [0.29, 0.717) is 23.9 Å². The number of para-hydroxylation sites is 1. The normalized spacial score (nSPS) is 11.9. The highest BCUT2D eigenvalue weighted by Gasteiger charge is 2.18. The second kappa shape index (κ2) is 7.06. The highest BCUT2D eigenvalue weighted by molar-refractivity contribution is 7.89. The maximum absolute atomic E-state index is 12.9. The van der Waals surface area contributed by atoms with Gasteiger partial charge in [0.2, 0.25) is 10.0 Å². The molecule has 0 aliphatic carbocycles. The first-order valence-electron chi connectivity index (χ1n) is 8.73. The topological polar surface area (TPSA) is 72.0 Å². The number of hydrogen-bond donors (Lipinski definition) is 1. The van der Waals surface area contributed by atoms with Crippen LogP contribution in [0.1, 0.15) is 11.1 Å². The third kappa shape index (κ3) is 3.41. The smallest absolute Gasteiger partial charge is 0.241 e. The summed E-state index contributed by atoms with van der Waals surface area (Å²) in [6.45, 7) is 2.22. The second-order valence-corrected chi connectivity index (χ2v) is 8.16. The predicted molar refractivity (Wildman–Crippen MR) is 107 cm³/mol. The first-order valence-corrected chi connectivity index (χ1v) is 10.2. The van der Waals surface area contributed by atoms with Gasteiger partial charge in [0, 0.05) is 29.7 Å². The van der Waals surface area contributed by atoms with Crippen LogP contribution in [-0.4, -0.2) is 24.9 Å². The standard InChI is InChI=1S/C21H19N3O2S/c1-15-9-10-19(18-8-4-13-22-20(15)18)27(25,26)24-14-11-17-6-2-5-16-7-3-12-23-21(16)17/h2-10,12-13,24H,11,14H2,1H3. The summed E-state index contributed by atoms with van der Waals surface area (Å²) in [5.74, 6) is 0. The monoisotopic (exact) mass is 377 g/mol. The number of benzene rings is 2. The lowest BCUT2D eigenvalue weighted by Gasteiger charge is -2.11. The molecule has 27 heavy (non-hydrogen) atoms. The summed E-state index contributed by atoms with van der Waals surface area (Å²) in [5, 5.41) is 1.69. The van der Waals surface area contributed by atoms with E-state index in [-0.39, 0.29) is 4.90 Å². The van der Waals surface area contributed by atoms with Crippen molar-refractivity contribution in [2.75, 3.05) is 6.54 Å².